The molecule has 0 aliphatic carbocycles. The molecule has 3 rings (SSSR count). The van der Waals surface area contributed by atoms with Crippen LogP contribution in [0.4, 0.5) is 11.4 Å². The zero-order valence-corrected chi connectivity index (χ0v) is 13.9. The van der Waals surface area contributed by atoms with Gasteiger partial charge in [0.15, 0.2) is 0 Å². The van der Waals surface area contributed by atoms with E-state index in [1.807, 2.05) is 42.5 Å². The second-order valence-electron chi connectivity index (χ2n) is 5.48. The molecule has 5 heteroatoms. The Kier molecular flexibility index (Phi) is 5.03. The Labute approximate surface area is 141 Å². The molecular formula is C18H20ClN3O. The number of halogens is 1. The highest BCUT2D eigenvalue weighted by molar-refractivity contribution is 6.33. The second-order valence-corrected chi connectivity index (χ2v) is 5.88. The summed E-state index contributed by atoms with van der Waals surface area (Å²) >= 11 is 6.42. The molecule has 0 unspecified atom stereocenters. The molecule has 120 valence electrons. The SMILES string of the molecule is COc1cc(C=NNc2ccccc2)c(Cl)cc1N1CCCC1. The molecule has 1 heterocycles. The molecule has 0 aromatic heterocycles. The zero-order valence-electron chi connectivity index (χ0n) is 13.1. The van der Waals surface area contributed by atoms with Gasteiger partial charge in [-0.3, -0.25) is 5.43 Å². The first-order valence-electron chi connectivity index (χ1n) is 7.74. The maximum atomic E-state index is 6.42. The minimum absolute atomic E-state index is 0.673. The summed E-state index contributed by atoms with van der Waals surface area (Å²) in [4.78, 5) is 2.31. The molecule has 0 bridgehead atoms. The van der Waals surface area contributed by atoms with Crippen molar-refractivity contribution in [3.05, 3.63) is 53.1 Å². The van der Waals surface area contributed by atoms with Gasteiger partial charge in [0.2, 0.25) is 0 Å². The van der Waals surface area contributed by atoms with E-state index in [9.17, 15) is 0 Å². The number of methoxy groups -OCH3 is 1. The van der Waals surface area contributed by atoms with Crippen LogP contribution in [0.25, 0.3) is 0 Å². The Hall–Kier alpha value is -2.20. The molecule has 23 heavy (non-hydrogen) atoms. The number of anilines is 2. The van der Waals surface area contributed by atoms with E-state index in [0.29, 0.717) is 5.02 Å². The highest BCUT2D eigenvalue weighted by atomic mass is 35.5. The average molecular weight is 330 g/mol. The Morgan fingerprint density at radius 3 is 2.61 bits per heavy atom. The number of hydrazone groups is 1. The fraction of sp³-hybridized carbons (Fsp3) is 0.278. The fourth-order valence-corrected chi connectivity index (χ4v) is 2.92. The molecule has 0 saturated carbocycles. The summed E-state index contributed by atoms with van der Waals surface area (Å²) in [7, 11) is 1.69. The molecule has 0 spiro atoms. The molecule has 0 radical (unpaired) electrons. The normalized spacial score (nSPS) is 14.4. The van der Waals surface area contributed by atoms with Gasteiger partial charge in [0.25, 0.3) is 0 Å². The van der Waals surface area contributed by atoms with Crippen LogP contribution < -0.4 is 15.1 Å². The molecule has 1 N–H and O–H groups in total. The zero-order chi connectivity index (χ0) is 16.1. The van der Waals surface area contributed by atoms with Crippen molar-refractivity contribution >= 4 is 29.2 Å². The Morgan fingerprint density at radius 1 is 1.17 bits per heavy atom. The third-order valence-electron chi connectivity index (χ3n) is 3.92. The van der Waals surface area contributed by atoms with Gasteiger partial charge in [-0.25, -0.2) is 0 Å². The molecule has 1 aliphatic heterocycles. The summed E-state index contributed by atoms with van der Waals surface area (Å²) in [6.45, 7) is 2.10. The molecule has 1 fully saturated rings. The van der Waals surface area contributed by atoms with Crippen LogP contribution >= 0.6 is 11.6 Å². The smallest absolute Gasteiger partial charge is 0.142 e. The van der Waals surface area contributed by atoms with E-state index in [4.69, 9.17) is 16.3 Å². The monoisotopic (exact) mass is 329 g/mol. The summed E-state index contributed by atoms with van der Waals surface area (Å²) < 4.78 is 5.54. The van der Waals surface area contributed by atoms with E-state index in [1.165, 1.54) is 12.8 Å². The lowest BCUT2D eigenvalue weighted by molar-refractivity contribution is 0.415. The minimum atomic E-state index is 0.673. The summed E-state index contributed by atoms with van der Waals surface area (Å²) in [6.07, 6.45) is 4.14. The molecule has 2 aromatic carbocycles. The third kappa shape index (κ3) is 3.77. The van der Waals surface area contributed by atoms with Crippen LogP contribution in [0.2, 0.25) is 5.02 Å². The molecule has 1 saturated heterocycles. The van der Waals surface area contributed by atoms with Gasteiger partial charge in [-0.15, -0.1) is 0 Å². The quantitative estimate of drug-likeness (QED) is 0.652. The Morgan fingerprint density at radius 2 is 1.91 bits per heavy atom. The maximum Gasteiger partial charge on any atom is 0.142 e. The minimum Gasteiger partial charge on any atom is -0.495 e. The number of nitrogens with zero attached hydrogens (tertiary/aromatic N) is 2. The van der Waals surface area contributed by atoms with Crippen molar-refractivity contribution in [2.75, 3.05) is 30.5 Å². The number of hydrogen-bond donors (Lipinski definition) is 1. The predicted octanol–water partition coefficient (Wildman–Crippen LogP) is 4.39. The number of benzene rings is 2. The maximum absolute atomic E-state index is 6.42. The number of ether oxygens (including phenoxy) is 1. The molecule has 1 aliphatic rings. The van der Waals surface area contributed by atoms with E-state index in [1.54, 1.807) is 13.3 Å². The average Bonchev–Trinajstić information content (AvgIpc) is 3.11. The van der Waals surface area contributed by atoms with Gasteiger partial charge in [-0.2, -0.15) is 5.10 Å². The lowest BCUT2D eigenvalue weighted by Crippen LogP contribution is -2.18. The van der Waals surface area contributed by atoms with Crippen LogP contribution in [0.1, 0.15) is 18.4 Å². The summed E-state index contributed by atoms with van der Waals surface area (Å²) in [6, 6.07) is 13.7. The van der Waals surface area contributed by atoms with E-state index in [-0.39, 0.29) is 0 Å². The highest BCUT2D eigenvalue weighted by Crippen LogP contribution is 2.35. The van der Waals surface area contributed by atoms with Crippen molar-refractivity contribution in [2.24, 2.45) is 5.10 Å². The van der Waals surface area contributed by atoms with Crippen molar-refractivity contribution in [3.63, 3.8) is 0 Å². The van der Waals surface area contributed by atoms with Gasteiger partial charge in [0, 0.05) is 18.7 Å². The number of hydrogen-bond acceptors (Lipinski definition) is 4. The lowest BCUT2D eigenvalue weighted by atomic mass is 10.2. The molecular weight excluding hydrogens is 310 g/mol. The van der Waals surface area contributed by atoms with Crippen molar-refractivity contribution in [2.45, 2.75) is 12.8 Å². The van der Waals surface area contributed by atoms with Gasteiger partial charge in [0.05, 0.1) is 29.7 Å². The standard InChI is InChI=1S/C18H20ClN3O/c1-23-18-11-14(13-20-21-15-7-3-2-4-8-15)16(19)12-17(18)22-9-5-6-10-22/h2-4,7-8,11-13,21H,5-6,9-10H2,1H3. The van der Waals surface area contributed by atoms with Gasteiger partial charge in [-0.05, 0) is 37.1 Å². The number of rotatable bonds is 5. The van der Waals surface area contributed by atoms with E-state index < -0.39 is 0 Å². The second kappa shape index (κ2) is 7.38. The van der Waals surface area contributed by atoms with E-state index in [2.05, 4.69) is 15.4 Å². The first-order chi connectivity index (χ1) is 11.3. The van der Waals surface area contributed by atoms with Crippen LogP contribution in [-0.4, -0.2) is 26.4 Å². The van der Waals surface area contributed by atoms with Crippen molar-refractivity contribution in [1.29, 1.82) is 0 Å². The molecule has 0 atom stereocenters. The Bertz CT molecular complexity index is 682. The number of nitrogens with one attached hydrogen (secondary N) is 1. The number of para-hydroxylation sites is 1. The van der Waals surface area contributed by atoms with Crippen molar-refractivity contribution in [3.8, 4) is 5.75 Å². The van der Waals surface area contributed by atoms with E-state index >= 15 is 0 Å². The Balaban J connectivity index is 1.79. The van der Waals surface area contributed by atoms with Crippen LogP contribution in [-0.2, 0) is 0 Å². The van der Waals surface area contributed by atoms with Gasteiger partial charge >= 0.3 is 0 Å². The first-order valence-corrected chi connectivity index (χ1v) is 8.12. The van der Waals surface area contributed by atoms with E-state index in [0.717, 1.165) is 35.8 Å². The van der Waals surface area contributed by atoms with Crippen LogP contribution in [0.15, 0.2) is 47.6 Å². The predicted molar refractivity (Wildman–Crippen MR) is 97.1 cm³/mol. The molecule has 2 aromatic rings. The van der Waals surface area contributed by atoms with Gasteiger partial charge in [0.1, 0.15) is 5.75 Å². The van der Waals surface area contributed by atoms with Crippen LogP contribution in [0, 0.1) is 0 Å². The van der Waals surface area contributed by atoms with Crippen LogP contribution in [0.3, 0.4) is 0 Å². The largest absolute Gasteiger partial charge is 0.495 e. The highest BCUT2D eigenvalue weighted by Gasteiger charge is 2.18. The summed E-state index contributed by atoms with van der Waals surface area (Å²) in [5.74, 6) is 0.831. The summed E-state index contributed by atoms with van der Waals surface area (Å²) in [5, 5.41) is 4.92. The lowest BCUT2D eigenvalue weighted by Gasteiger charge is -2.21. The topological polar surface area (TPSA) is 36.9 Å². The summed E-state index contributed by atoms with van der Waals surface area (Å²) in [5.41, 5.74) is 5.81. The van der Waals surface area contributed by atoms with Gasteiger partial charge < -0.3 is 9.64 Å². The van der Waals surface area contributed by atoms with Gasteiger partial charge in [-0.1, -0.05) is 29.8 Å². The molecule has 4 nitrogen and oxygen atoms in total. The first kappa shape index (κ1) is 15.7. The fourth-order valence-electron chi connectivity index (χ4n) is 2.72. The van der Waals surface area contributed by atoms with Crippen molar-refractivity contribution in [1.82, 2.24) is 0 Å². The van der Waals surface area contributed by atoms with Crippen LogP contribution in [0.5, 0.6) is 5.75 Å². The van der Waals surface area contributed by atoms with Crippen molar-refractivity contribution < 1.29 is 4.74 Å². The third-order valence-corrected chi connectivity index (χ3v) is 4.24. The molecule has 0 amide bonds.